The zero-order valence-electron chi connectivity index (χ0n) is 21.2. The van der Waals surface area contributed by atoms with Crippen molar-refractivity contribution in [3.05, 3.63) is 48.6 Å². The second-order valence-electron chi connectivity index (χ2n) is 10.4. The summed E-state index contributed by atoms with van der Waals surface area (Å²) >= 11 is 1.54. The van der Waals surface area contributed by atoms with Gasteiger partial charge in [0.25, 0.3) is 0 Å². The highest BCUT2D eigenvalue weighted by Crippen LogP contribution is 2.69. The van der Waals surface area contributed by atoms with E-state index < -0.39 is 34.6 Å². The van der Waals surface area contributed by atoms with Gasteiger partial charge in [0, 0.05) is 18.3 Å². The first-order valence-electron chi connectivity index (χ1n) is 13.1. The molecule has 1 aromatic carbocycles. The number of hydrogen-bond donors (Lipinski definition) is 2. The maximum Gasteiger partial charge on any atom is 0.308 e. The molecular formula is C28H38N2O5S. The number of carbonyl (C=O) groups is 3. The van der Waals surface area contributed by atoms with E-state index in [-0.39, 0.29) is 29.6 Å². The van der Waals surface area contributed by atoms with Gasteiger partial charge >= 0.3 is 5.97 Å². The van der Waals surface area contributed by atoms with Gasteiger partial charge in [-0.15, -0.1) is 18.3 Å². The van der Waals surface area contributed by atoms with Crippen molar-refractivity contribution in [1.82, 2.24) is 9.80 Å². The number of rotatable bonds is 12. The normalized spacial score (nSPS) is 31.4. The van der Waals surface area contributed by atoms with E-state index >= 15 is 0 Å². The summed E-state index contributed by atoms with van der Waals surface area (Å²) in [4.78, 5) is 44.2. The van der Waals surface area contributed by atoms with E-state index in [1.54, 1.807) is 15.9 Å². The first kappa shape index (κ1) is 26.7. The number of carbonyl (C=O) groups excluding carboxylic acids is 2. The Bertz CT molecular complexity index is 987. The van der Waals surface area contributed by atoms with Crippen molar-refractivity contribution in [2.24, 2.45) is 17.8 Å². The fourth-order valence-electron chi connectivity index (χ4n) is 6.72. The van der Waals surface area contributed by atoms with E-state index in [4.69, 9.17) is 0 Å². The monoisotopic (exact) mass is 514 g/mol. The Kier molecular flexibility index (Phi) is 8.15. The highest BCUT2D eigenvalue weighted by Gasteiger charge is 2.76. The van der Waals surface area contributed by atoms with Crippen LogP contribution in [0, 0.1) is 17.8 Å². The summed E-state index contributed by atoms with van der Waals surface area (Å²) in [5.74, 6) is -3.00. The summed E-state index contributed by atoms with van der Waals surface area (Å²) in [6.45, 7) is 8.63. The minimum Gasteiger partial charge on any atom is -0.481 e. The van der Waals surface area contributed by atoms with Crippen LogP contribution < -0.4 is 0 Å². The predicted molar refractivity (Wildman–Crippen MR) is 140 cm³/mol. The molecule has 2 amide bonds. The summed E-state index contributed by atoms with van der Waals surface area (Å²) in [7, 11) is 0. The number of amides is 2. The van der Waals surface area contributed by atoms with Gasteiger partial charge in [-0.05, 0) is 30.7 Å². The lowest BCUT2D eigenvalue weighted by atomic mass is 9.66. The predicted octanol–water partition coefficient (Wildman–Crippen LogP) is 3.22. The number of unbranched alkanes of at least 4 members (excludes halogenated alkanes) is 2. The Labute approximate surface area is 217 Å². The van der Waals surface area contributed by atoms with Crippen LogP contribution in [-0.2, 0) is 20.8 Å². The Morgan fingerprint density at radius 1 is 1.31 bits per heavy atom. The van der Waals surface area contributed by atoms with E-state index in [1.165, 1.54) is 11.8 Å². The van der Waals surface area contributed by atoms with Crippen molar-refractivity contribution in [3.63, 3.8) is 0 Å². The van der Waals surface area contributed by atoms with Gasteiger partial charge in [-0.2, -0.15) is 0 Å². The standard InChI is InChI=1S/C28H38N2O5S/c1-4-6-10-14-29(13-5-2)26(33)24-28-18(3)15-21(36-28)22(27(34)35)23(28)25(32)30(24)20(17-31)16-19-11-8-7-9-12-19/h5,7-9,11-12,18,20-24,31H,2,4,6,10,13-17H2,1,3H3,(H,34,35)/t18?,20-,21-,22+,23+,24?,28?/m1/s1. The number of benzene rings is 1. The Balaban J connectivity index is 1.78. The summed E-state index contributed by atoms with van der Waals surface area (Å²) in [6, 6.07) is 8.18. The molecule has 7 atom stereocenters. The number of aliphatic hydroxyl groups is 1. The van der Waals surface area contributed by atoms with Crippen LogP contribution in [0.3, 0.4) is 0 Å². The zero-order valence-corrected chi connectivity index (χ0v) is 22.0. The molecule has 8 heteroatoms. The van der Waals surface area contributed by atoms with Crippen LogP contribution in [-0.4, -0.2) is 79.6 Å². The highest BCUT2D eigenvalue weighted by molar-refractivity contribution is 8.02. The van der Waals surface area contributed by atoms with Gasteiger partial charge in [-0.3, -0.25) is 14.4 Å². The number of thioether (sulfide) groups is 1. The quantitative estimate of drug-likeness (QED) is 0.328. The fraction of sp³-hybridized carbons (Fsp3) is 0.607. The summed E-state index contributed by atoms with van der Waals surface area (Å²) in [5.41, 5.74) is 0.954. The number of hydrogen-bond acceptors (Lipinski definition) is 5. The van der Waals surface area contributed by atoms with Crippen LogP contribution in [0.1, 0.15) is 45.1 Å². The molecule has 36 heavy (non-hydrogen) atoms. The highest BCUT2D eigenvalue weighted by atomic mass is 32.2. The number of nitrogens with zero attached hydrogens (tertiary/aromatic N) is 2. The molecule has 1 spiro atoms. The number of likely N-dealkylation sites (tertiary alicyclic amines) is 1. The zero-order chi connectivity index (χ0) is 26.0. The van der Waals surface area contributed by atoms with Crippen molar-refractivity contribution in [2.75, 3.05) is 19.7 Å². The molecule has 196 valence electrons. The van der Waals surface area contributed by atoms with Gasteiger partial charge in [0.2, 0.25) is 11.8 Å². The van der Waals surface area contributed by atoms with E-state index in [9.17, 15) is 24.6 Å². The molecule has 2 bridgehead atoms. The smallest absolute Gasteiger partial charge is 0.308 e. The van der Waals surface area contributed by atoms with E-state index in [1.807, 2.05) is 30.3 Å². The average Bonchev–Trinajstić information content (AvgIpc) is 3.46. The molecule has 3 aliphatic rings. The molecule has 3 saturated heterocycles. The Morgan fingerprint density at radius 3 is 2.64 bits per heavy atom. The summed E-state index contributed by atoms with van der Waals surface area (Å²) < 4.78 is -0.809. The maximum atomic E-state index is 14.3. The molecule has 0 aliphatic carbocycles. The SMILES string of the molecule is C=CCN(CCCCC)C(=O)C1N([C@@H](CO)Cc2ccccc2)C(=O)[C@@H]2[C@@H](C(=O)O)[C@H]3CC(C)C12S3. The topological polar surface area (TPSA) is 98.2 Å². The van der Waals surface area contributed by atoms with Crippen LogP contribution in [0.2, 0.25) is 0 Å². The third-order valence-electron chi connectivity index (χ3n) is 8.31. The largest absolute Gasteiger partial charge is 0.481 e. The molecule has 3 heterocycles. The summed E-state index contributed by atoms with van der Waals surface area (Å²) in [5, 5.41) is 20.4. The molecule has 2 N–H and O–H groups in total. The third kappa shape index (κ3) is 4.36. The van der Waals surface area contributed by atoms with E-state index in [0.29, 0.717) is 25.9 Å². The van der Waals surface area contributed by atoms with Crippen LogP contribution in [0.5, 0.6) is 0 Å². The van der Waals surface area contributed by atoms with Crippen LogP contribution in [0.25, 0.3) is 0 Å². The van der Waals surface area contributed by atoms with Gasteiger partial charge in [-0.25, -0.2) is 0 Å². The summed E-state index contributed by atoms with van der Waals surface area (Å²) in [6.07, 6.45) is 5.63. The number of carboxylic acids is 1. The van der Waals surface area contributed by atoms with E-state index in [0.717, 1.165) is 24.8 Å². The van der Waals surface area contributed by atoms with Gasteiger partial charge in [-0.1, -0.05) is 63.1 Å². The second-order valence-corrected chi connectivity index (χ2v) is 12.0. The molecule has 7 nitrogen and oxygen atoms in total. The molecular weight excluding hydrogens is 476 g/mol. The van der Waals surface area contributed by atoms with Crippen molar-refractivity contribution in [1.29, 1.82) is 0 Å². The molecule has 0 saturated carbocycles. The van der Waals surface area contributed by atoms with Gasteiger partial charge in [0.1, 0.15) is 6.04 Å². The van der Waals surface area contributed by atoms with Crippen LogP contribution in [0.4, 0.5) is 0 Å². The van der Waals surface area contributed by atoms with Crippen LogP contribution >= 0.6 is 11.8 Å². The first-order chi connectivity index (χ1) is 17.3. The van der Waals surface area contributed by atoms with Gasteiger partial charge < -0.3 is 20.0 Å². The second kappa shape index (κ2) is 11.0. The van der Waals surface area contributed by atoms with Gasteiger partial charge in [0.15, 0.2) is 0 Å². The Hall–Kier alpha value is -2.32. The lowest BCUT2D eigenvalue weighted by Crippen LogP contribution is -2.59. The number of fused-ring (bicyclic) bond motifs is 1. The van der Waals surface area contributed by atoms with Gasteiger partial charge in [0.05, 0.1) is 29.2 Å². The van der Waals surface area contributed by atoms with E-state index in [2.05, 4.69) is 20.4 Å². The number of carboxylic acid groups (broad SMARTS) is 1. The molecule has 4 rings (SSSR count). The molecule has 1 aromatic rings. The first-order valence-corrected chi connectivity index (χ1v) is 14.0. The lowest BCUT2D eigenvalue weighted by molar-refractivity contribution is -0.150. The van der Waals surface area contributed by atoms with Crippen molar-refractivity contribution in [2.45, 2.75) is 68.0 Å². The fourth-order valence-corrected chi connectivity index (χ4v) is 9.12. The van der Waals surface area contributed by atoms with Crippen molar-refractivity contribution < 1.29 is 24.6 Å². The van der Waals surface area contributed by atoms with Crippen molar-refractivity contribution >= 4 is 29.5 Å². The lowest BCUT2D eigenvalue weighted by Gasteiger charge is -2.42. The molecule has 3 fully saturated rings. The minimum absolute atomic E-state index is 0.00768. The molecule has 0 radical (unpaired) electrons. The number of aliphatic hydroxyl groups excluding tert-OH is 1. The van der Waals surface area contributed by atoms with Crippen LogP contribution in [0.15, 0.2) is 43.0 Å². The molecule has 3 unspecified atom stereocenters. The molecule has 3 aliphatic heterocycles. The Morgan fingerprint density at radius 2 is 2.03 bits per heavy atom. The minimum atomic E-state index is -0.970. The third-order valence-corrected chi connectivity index (χ3v) is 10.4. The molecule has 0 aromatic heterocycles. The maximum absolute atomic E-state index is 14.3. The van der Waals surface area contributed by atoms with Crippen molar-refractivity contribution in [3.8, 4) is 0 Å². The number of aliphatic carboxylic acids is 1. The average molecular weight is 515 g/mol.